The quantitative estimate of drug-likeness (QED) is 0.801. The van der Waals surface area contributed by atoms with Gasteiger partial charge < -0.3 is 4.74 Å². The summed E-state index contributed by atoms with van der Waals surface area (Å²) in [5.74, 6) is 0.687. The number of aryl methyl sites for hydroxylation is 1. The van der Waals surface area contributed by atoms with Crippen molar-refractivity contribution in [2.45, 2.75) is 30.7 Å². The highest BCUT2D eigenvalue weighted by Gasteiger charge is 2.26. The molecule has 1 aromatic carbocycles. The van der Waals surface area contributed by atoms with E-state index in [4.69, 9.17) is 4.74 Å². The highest BCUT2D eigenvalue weighted by Crippen LogP contribution is 2.27. The highest BCUT2D eigenvalue weighted by molar-refractivity contribution is 7.89. The monoisotopic (exact) mass is 380 g/mol. The van der Waals surface area contributed by atoms with E-state index in [1.54, 1.807) is 36.6 Å². The maximum atomic E-state index is 12.7. The molecule has 0 radical (unpaired) electrons. The van der Waals surface area contributed by atoms with Gasteiger partial charge in [0.2, 0.25) is 10.0 Å². The summed E-state index contributed by atoms with van der Waals surface area (Å²) in [6.45, 7) is 4.26. The van der Waals surface area contributed by atoms with Crippen molar-refractivity contribution in [3.8, 4) is 5.75 Å². The molecular weight excluding hydrogens is 356 g/mol. The van der Waals surface area contributed by atoms with E-state index in [1.165, 1.54) is 18.4 Å². The van der Waals surface area contributed by atoms with Crippen LogP contribution in [-0.2, 0) is 10.0 Å². The van der Waals surface area contributed by atoms with E-state index in [-0.39, 0.29) is 10.9 Å². The molecule has 1 aliphatic heterocycles. The summed E-state index contributed by atoms with van der Waals surface area (Å²) in [5, 5.41) is 4.15. The average molecular weight is 381 g/mol. The summed E-state index contributed by atoms with van der Waals surface area (Å²) < 4.78 is 33.4. The summed E-state index contributed by atoms with van der Waals surface area (Å²) in [7, 11) is -1.97. The van der Waals surface area contributed by atoms with Crippen molar-refractivity contribution in [3.05, 3.63) is 46.2 Å². The molecule has 1 N–H and O–H groups in total. The van der Waals surface area contributed by atoms with Gasteiger partial charge in [-0.3, -0.25) is 4.90 Å². The predicted octanol–water partition coefficient (Wildman–Crippen LogP) is 3.18. The number of sulfonamides is 1. The molecule has 1 atom stereocenters. The number of likely N-dealkylation sites (tertiary alicyclic amines) is 1. The van der Waals surface area contributed by atoms with Crippen LogP contribution in [0.2, 0.25) is 0 Å². The minimum Gasteiger partial charge on any atom is -0.496 e. The first-order valence-corrected chi connectivity index (χ1v) is 10.8. The van der Waals surface area contributed by atoms with Crippen molar-refractivity contribution in [2.24, 2.45) is 0 Å². The van der Waals surface area contributed by atoms with Gasteiger partial charge in [-0.2, -0.15) is 11.3 Å². The molecule has 2 heterocycles. The van der Waals surface area contributed by atoms with Crippen molar-refractivity contribution in [2.75, 3.05) is 26.7 Å². The fourth-order valence-electron chi connectivity index (χ4n) is 3.27. The van der Waals surface area contributed by atoms with Crippen molar-refractivity contribution >= 4 is 21.4 Å². The van der Waals surface area contributed by atoms with Gasteiger partial charge in [0, 0.05) is 12.6 Å². The van der Waals surface area contributed by atoms with E-state index in [1.807, 2.05) is 12.3 Å². The van der Waals surface area contributed by atoms with Gasteiger partial charge in [-0.15, -0.1) is 0 Å². The number of methoxy groups -OCH3 is 1. The molecule has 0 aliphatic carbocycles. The SMILES string of the molecule is COc1ccc(S(=O)(=O)NC[C@@H](c2ccsc2)N2CCCC2)cc1C. The first kappa shape index (κ1) is 18.4. The molecule has 0 bridgehead atoms. The van der Waals surface area contributed by atoms with Gasteiger partial charge in [-0.05, 0) is 79.0 Å². The normalized spacial score (nSPS) is 16.9. The number of hydrogen-bond donors (Lipinski definition) is 1. The Kier molecular flexibility index (Phi) is 5.78. The lowest BCUT2D eigenvalue weighted by molar-refractivity contribution is 0.247. The van der Waals surface area contributed by atoms with Crippen LogP contribution in [0.4, 0.5) is 0 Å². The Morgan fingerprint density at radius 3 is 2.64 bits per heavy atom. The zero-order valence-electron chi connectivity index (χ0n) is 14.6. The molecule has 7 heteroatoms. The number of thiophene rings is 1. The molecule has 2 aromatic rings. The minimum atomic E-state index is -3.55. The standard InChI is InChI=1S/C18H24N2O3S2/c1-14-11-16(5-6-18(14)23-2)25(21,22)19-12-17(15-7-10-24-13-15)20-8-3-4-9-20/h5-7,10-11,13,17,19H,3-4,8-9,12H2,1-2H3/t17-/m0/s1. The Hall–Kier alpha value is -1.41. The molecule has 1 aliphatic rings. The lowest BCUT2D eigenvalue weighted by atomic mass is 10.1. The predicted molar refractivity (Wildman–Crippen MR) is 101 cm³/mol. The van der Waals surface area contributed by atoms with Crippen LogP contribution < -0.4 is 9.46 Å². The zero-order valence-corrected chi connectivity index (χ0v) is 16.2. The van der Waals surface area contributed by atoms with Crippen LogP contribution in [0.3, 0.4) is 0 Å². The number of benzene rings is 1. The largest absolute Gasteiger partial charge is 0.496 e. The fraction of sp³-hybridized carbons (Fsp3) is 0.444. The third-order valence-corrected chi connectivity index (χ3v) is 6.78. The Morgan fingerprint density at radius 2 is 2.04 bits per heavy atom. The van der Waals surface area contributed by atoms with Gasteiger partial charge >= 0.3 is 0 Å². The molecule has 0 spiro atoms. The molecule has 1 saturated heterocycles. The van der Waals surface area contributed by atoms with E-state index in [0.717, 1.165) is 18.7 Å². The number of hydrogen-bond acceptors (Lipinski definition) is 5. The second kappa shape index (κ2) is 7.86. The van der Waals surface area contributed by atoms with Gasteiger partial charge in [0.05, 0.1) is 12.0 Å². The Morgan fingerprint density at radius 1 is 1.28 bits per heavy atom. The molecule has 1 aromatic heterocycles. The van der Waals surface area contributed by atoms with Crippen molar-refractivity contribution in [1.29, 1.82) is 0 Å². The van der Waals surface area contributed by atoms with Crippen molar-refractivity contribution < 1.29 is 13.2 Å². The smallest absolute Gasteiger partial charge is 0.240 e. The van der Waals surface area contributed by atoms with Gasteiger partial charge in [0.1, 0.15) is 5.75 Å². The third kappa shape index (κ3) is 4.23. The number of ether oxygens (including phenoxy) is 1. The van der Waals surface area contributed by atoms with E-state index in [0.29, 0.717) is 12.3 Å². The summed E-state index contributed by atoms with van der Waals surface area (Å²) in [6.07, 6.45) is 2.34. The van der Waals surface area contributed by atoms with Crippen molar-refractivity contribution in [1.82, 2.24) is 9.62 Å². The first-order valence-electron chi connectivity index (χ1n) is 8.42. The fourth-order valence-corrected chi connectivity index (χ4v) is 5.10. The second-order valence-corrected chi connectivity index (χ2v) is 8.85. The molecule has 25 heavy (non-hydrogen) atoms. The Labute approximate surface area is 153 Å². The molecule has 3 rings (SSSR count). The lowest BCUT2D eigenvalue weighted by Crippen LogP contribution is -2.36. The molecule has 1 fully saturated rings. The van der Waals surface area contributed by atoms with Crippen LogP contribution in [0.25, 0.3) is 0 Å². The highest BCUT2D eigenvalue weighted by atomic mass is 32.2. The molecular formula is C18H24N2O3S2. The minimum absolute atomic E-state index is 0.0860. The maximum Gasteiger partial charge on any atom is 0.240 e. The third-order valence-electron chi connectivity index (χ3n) is 4.65. The molecule has 0 amide bonds. The topological polar surface area (TPSA) is 58.6 Å². The van der Waals surface area contributed by atoms with E-state index in [9.17, 15) is 8.42 Å². The maximum absolute atomic E-state index is 12.7. The number of rotatable bonds is 7. The summed E-state index contributed by atoms with van der Waals surface area (Å²) in [5.41, 5.74) is 1.99. The van der Waals surface area contributed by atoms with Gasteiger partial charge in [0.15, 0.2) is 0 Å². The zero-order chi connectivity index (χ0) is 17.9. The summed E-state index contributed by atoms with van der Waals surface area (Å²) in [6, 6.07) is 7.10. The van der Waals surface area contributed by atoms with Crippen LogP contribution in [0.1, 0.15) is 30.0 Å². The van der Waals surface area contributed by atoms with Crippen LogP contribution in [-0.4, -0.2) is 40.1 Å². The Bertz CT molecular complexity index is 798. The molecule has 5 nitrogen and oxygen atoms in total. The molecule has 136 valence electrons. The summed E-state index contributed by atoms with van der Waals surface area (Å²) in [4.78, 5) is 2.64. The molecule has 0 saturated carbocycles. The van der Waals surface area contributed by atoms with Crippen molar-refractivity contribution in [3.63, 3.8) is 0 Å². The van der Waals surface area contributed by atoms with Crippen LogP contribution in [0.5, 0.6) is 5.75 Å². The van der Waals surface area contributed by atoms with Crippen LogP contribution in [0.15, 0.2) is 39.9 Å². The second-order valence-electron chi connectivity index (χ2n) is 6.30. The van der Waals surface area contributed by atoms with Gasteiger partial charge in [-0.1, -0.05) is 0 Å². The Balaban J connectivity index is 1.76. The lowest BCUT2D eigenvalue weighted by Gasteiger charge is -2.27. The first-order chi connectivity index (χ1) is 12.0. The van der Waals surface area contributed by atoms with Crippen LogP contribution in [0, 0.1) is 6.92 Å². The average Bonchev–Trinajstić information content (AvgIpc) is 3.29. The van der Waals surface area contributed by atoms with E-state index >= 15 is 0 Å². The number of nitrogens with one attached hydrogen (secondary N) is 1. The molecule has 0 unspecified atom stereocenters. The number of nitrogens with zero attached hydrogens (tertiary/aromatic N) is 1. The van der Waals surface area contributed by atoms with E-state index in [2.05, 4.69) is 21.1 Å². The van der Waals surface area contributed by atoms with Gasteiger partial charge in [-0.25, -0.2) is 13.1 Å². The van der Waals surface area contributed by atoms with Crippen LogP contribution >= 0.6 is 11.3 Å². The van der Waals surface area contributed by atoms with E-state index < -0.39 is 10.0 Å². The summed E-state index contributed by atoms with van der Waals surface area (Å²) >= 11 is 1.64. The van der Waals surface area contributed by atoms with Gasteiger partial charge in [0.25, 0.3) is 0 Å².